The molecule has 1 aliphatic rings. The topological polar surface area (TPSA) is 26.0 Å². The van der Waals surface area contributed by atoms with Crippen molar-refractivity contribution in [1.82, 2.24) is 0 Å². The van der Waals surface area contributed by atoms with Crippen LogP contribution in [0.2, 0.25) is 0 Å². The van der Waals surface area contributed by atoms with Gasteiger partial charge in [-0.15, -0.1) is 11.3 Å². The third kappa shape index (κ3) is 1.66. The van der Waals surface area contributed by atoms with E-state index in [2.05, 4.69) is 0 Å². The summed E-state index contributed by atoms with van der Waals surface area (Å²) in [5.41, 5.74) is 5.72. The van der Waals surface area contributed by atoms with Crippen molar-refractivity contribution in [2.75, 3.05) is 0 Å². The summed E-state index contributed by atoms with van der Waals surface area (Å²) in [6, 6.07) is 0.0298. The lowest BCUT2D eigenvalue weighted by molar-refractivity contribution is -0.138. The van der Waals surface area contributed by atoms with E-state index in [0.29, 0.717) is 24.8 Å². The Morgan fingerprint density at radius 3 is 2.79 bits per heavy atom. The minimum atomic E-state index is -4.20. The molecule has 78 valence electrons. The molecule has 0 amide bonds. The first-order valence-electron chi connectivity index (χ1n) is 4.40. The molecule has 0 fully saturated rings. The minimum Gasteiger partial charge on any atom is -0.327 e. The van der Waals surface area contributed by atoms with E-state index < -0.39 is 11.7 Å². The number of halogens is 3. The Morgan fingerprint density at radius 2 is 2.14 bits per heavy atom. The Bertz CT molecular complexity index is 342. The second kappa shape index (κ2) is 3.24. The van der Waals surface area contributed by atoms with E-state index in [1.165, 1.54) is 16.7 Å². The first kappa shape index (κ1) is 9.98. The average Bonchev–Trinajstić information content (AvgIpc) is 2.45. The van der Waals surface area contributed by atoms with Gasteiger partial charge in [0.05, 0.1) is 5.56 Å². The maximum atomic E-state index is 12.5. The van der Waals surface area contributed by atoms with Gasteiger partial charge in [0.25, 0.3) is 0 Å². The van der Waals surface area contributed by atoms with E-state index in [1.807, 2.05) is 0 Å². The molecule has 0 radical (unpaired) electrons. The van der Waals surface area contributed by atoms with Gasteiger partial charge < -0.3 is 5.73 Å². The summed E-state index contributed by atoms with van der Waals surface area (Å²) >= 11 is 1.18. The molecule has 0 bridgehead atoms. The predicted octanol–water partition coefficient (Wildman–Crippen LogP) is 2.58. The highest BCUT2D eigenvalue weighted by Gasteiger charge is 2.36. The lowest BCUT2D eigenvalue weighted by atomic mass is 9.92. The van der Waals surface area contributed by atoms with Crippen LogP contribution in [0.4, 0.5) is 13.2 Å². The zero-order chi connectivity index (χ0) is 10.3. The Hall–Kier alpha value is -0.550. The van der Waals surface area contributed by atoms with Crippen molar-refractivity contribution in [2.45, 2.75) is 31.5 Å². The molecular formula is C9H10F3NS. The molecule has 1 aliphatic carbocycles. The zero-order valence-corrected chi connectivity index (χ0v) is 8.21. The van der Waals surface area contributed by atoms with Gasteiger partial charge in [-0.1, -0.05) is 0 Å². The number of nitrogens with two attached hydrogens (primary N) is 1. The van der Waals surface area contributed by atoms with Gasteiger partial charge in [-0.05, 0) is 24.8 Å². The van der Waals surface area contributed by atoms with Gasteiger partial charge in [0.2, 0.25) is 0 Å². The number of hydrogen-bond donors (Lipinski definition) is 1. The quantitative estimate of drug-likeness (QED) is 0.716. The number of thiophene rings is 1. The first-order valence-corrected chi connectivity index (χ1v) is 5.28. The lowest BCUT2D eigenvalue weighted by Gasteiger charge is -2.19. The van der Waals surface area contributed by atoms with Gasteiger partial charge >= 0.3 is 6.18 Å². The monoisotopic (exact) mass is 221 g/mol. The van der Waals surface area contributed by atoms with Crippen LogP contribution in [0.25, 0.3) is 0 Å². The van der Waals surface area contributed by atoms with Gasteiger partial charge in [-0.2, -0.15) is 13.2 Å². The SMILES string of the molecule is NC1CCc2c(C(F)(F)F)csc2C1. The summed E-state index contributed by atoms with van der Waals surface area (Å²) in [4.78, 5) is 0.816. The smallest absolute Gasteiger partial charge is 0.327 e. The van der Waals surface area contributed by atoms with Crippen molar-refractivity contribution < 1.29 is 13.2 Å². The molecule has 0 aromatic carbocycles. The summed E-state index contributed by atoms with van der Waals surface area (Å²) in [7, 11) is 0. The predicted molar refractivity (Wildman–Crippen MR) is 49.3 cm³/mol. The van der Waals surface area contributed by atoms with Crippen LogP contribution in [0, 0.1) is 0 Å². The van der Waals surface area contributed by atoms with Crippen LogP contribution in [-0.2, 0) is 19.0 Å². The summed E-state index contributed by atoms with van der Waals surface area (Å²) in [6.45, 7) is 0. The van der Waals surface area contributed by atoms with E-state index in [-0.39, 0.29) is 6.04 Å². The van der Waals surface area contributed by atoms with Crippen LogP contribution in [0.1, 0.15) is 22.4 Å². The molecule has 1 atom stereocenters. The molecular weight excluding hydrogens is 211 g/mol. The van der Waals surface area contributed by atoms with Crippen LogP contribution < -0.4 is 5.73 Å². The van der Waals surface area contributed by atoms with Crippen LogP contribution in [0.5, 0.6) is 0 Å². The van der Waals surface area contributed by atoms with Crippen LogP contribution in [0.3, 0.4) is 0 Å². The molecule has 1 unspecified atom stereocenters. The largest absolute Gasteiger partial charge is 0.417 e. The van der Waals surface area contributed by atoms with Gasteiger partial charge in [0, 0.05) is 16.3 Å². The highest BCUT2D eigenvalue weighted by atomic mass is 32.1. The first-order chi connectivity index (χ1) is 6.48. The number of fused-ring (bicyclic) bond motifs is 1. The lowest BCUT2D eigenvalue weighted by Crippen LogP contribution is -2.27. The van der Waals surface area contributed by atoms with E-state index >= 15 is 0 Å². The fourth-order valence-electron chi connectivity index (χ4n) is 1.78. The van der Waals surface area contributed by atoms with Crippen molar-refractivity contribution in [3.8, 4) is 0 Å². The molecule has 0 aliphatic heterocycles. The Balaban J connectivity index is 2.38. The number of hydrogen-bond acceptors (Lipinski definition) is 2. The summed E-state index contributed by atoms with van der Waals surface area (Å²) in [5, 5.41) is 1.21. The average molecular weight is 221 g/mol. The van der Waals surface area contributed by atoms with Crippen LogP contribution in [0.15, 0.2) is 5.38 Å². The third-order valence-electron chi connectivity index (χ3n) is 2.50. The molecule has 0 spiro atoms. The van der Waals surface area contributed by atoms with E-state index in [1.54, 1.807) is 0 Å². The summed E-state index contributed by atoms with van der Waals surface area (Å²) in [5.74, 6) is 0. The van der Waals surface area contributed by atoms with Crippen molar-refractivity contribution in [2.24, 2.45) is 5.73 Å². The minimum absolute atomic E-state index is 0.0298. The van der Waals surface area contributed by atoms with Gasteiger partial charge in [-0.25, -0.2) is 0 Å². The van der Waals surface area contributed by atoms with Gasteiger partial charge in [0.1, 0.15) is 0 Å². The van der Waals surface area contributed by atoms with E-state index in [4.69, 9.17) is 5.73 Å². The number of rotatable bonds is 0. The van der Waals surface area contributed by atoms with Crippen molar-refractivity contribution >= 4 is 11.3 Å². The normalized spacial score (nSPS) is 22.1. The molecule has 1 heterocycles. The molecule has 2 N–H and O–H groups in total. The van der Waals surface area contributed by atoms with Gasteiger partial charge in [-0.3, -0.25) is 0 Å². The second-order valence-corrected chi connectivity index (χ2v) is 4.52. The Morgan fingerprint density at radius 1 is 1.43 bits per heavy atom. The fraction of sp³-hybridized carbons (Fsp3) is 0.556. The number of alkyl halides is 3. The fourth-order valence-corrected chi connectivity index (χ4v) is 2.98. The summed E-state index contributed by atoms with van der Waals surface area (Å²) < 4.78 is 37.4. The standard InChI is InChI=1S/C9H10F3NS/c10-9(11,12)7-4-14-8-3-5(13)1-2-6(7)8/h4-5H,1-3,13H2. The molecule has 14 heavy (non-hydrogen) atoms. The van der Waals surface area contributed by atoms with Crippen molar-refractivity contribution in [3.63, 3.8) is 0 Å². The maximum absolute atomic E-state index is 12.5. The highest BCUT2D eigenvalue weighted by molar-refractivity contribution is 7.10. The third-order valence-corrected chi connectivity index (χ3v) is 3.55. The molecule has 2 rings (SSSR count). The van der Waals surface area contributed by atoms with E-state index in [0.717, 1.165) is 4.88 Å². The summed E-state index contributed by atoms with van der Waals surface area (Å²) in [6.07, 6.45) is -2.48. The van der Waals surface area contributed by atoms with E-state index in [9.17, 15) is 13.2 Å². The van der Waals surface area contributed by atoms with Crippen molar-refractivity contribution in [3.05, 3.63) is 21.4 Å². The molecule has 0 saturated heterocycles. The van der Waals surface area contributed by atoms with Gasteiger partial charge in [0.15, 0.2) is 0 Å². The van der Waals surface area contributed by atoms with Crippen LogP contribution >= 0.6 is 11.3 Å². The van der Waals surface area contributed by atoms with Crippen LogP contribution in [-0.4, -0.2) is 6.04 Å². The molecule has 1 nitrogen and oxygen atoms in total. The zero-order valence-electron chi connectivity index (χ0n) is 7.40. The second-order valence-electron chi connectivity index (χ2n) is 3.55. The Labute approximate surface area is 83.7 Å². The molecule has 1 aromatic heterocycles. The molecule has 5 heteroatoms. The molecule has 0 saturated carbocycles. The molecule has 1 aromatic rings. The maximum Gasteiger partial charge on any atom is 0.417 e. The Kier molecular flexibility index (Phi) is 2.31. The van der Waals surface area contributed by atoms with Crippen molar-refractivity contribution in [1.29, 1.82) is 0 Å². The highest BCUT2D eigenvalue weighted by Crippen LogP contribution is 2.39.